The number of thiol groups is 1. The van der Waals surface area contributed by atoms with Gasteiger partial charge in [0.25, 0.3) is 0 Å². The zero-order valence-corrected chi connectivity index (χ0v) is 17.4. The number of rotatable bonds is 10. The van der Waals surface area contributed by atoms with Crippen LogP contribution in [0.4, 0.5) is 0 Å². The maximum atomic E-state index is 10.6. The van der Waals surface area contributed by atoms with Crippen molar-refractivity contribution in [3.8, 4) is 5.75 Å². The fourth-order valence-electron chi connectivity index (χ4n) is 4.15. The zero-order valence-electron chi connectivity index (χ0n) is 16.5. The number of aliphatic hydroxyl groups excluding tert-OH is 2. The molecule has 3 rings (SSSR count). The predicted octanol–water partition coefficient (Wildman–Crippen LogP) is 4.90. The van der Waals surface area contributed by atoms with Crippen molar-refractivity contribution >= 4 is 12.6 Å². The fraction of sp³-hybridized carbons (Fsp3) is 0.500. The summed E-state index contributed by atoms with van der Waals surface area (Å²) in [5.74, 6) is 1.50. The van der Waals surface area contributed by atoms with Crippen molar-refractivity contribution in [2.45, 2.75) is 68.8 Å². The summed E-state index contributed by atoms with van der Waals surface area (Å²) >= 11 is 4.47. The molecule has 0 bridgehead atoms. The van der Waals surface area contributed by atoms with Gasteiger partial charge in [0.05, 0.1) is 6.10 Å². The summed E-state index contributed by atoms with van der Waals surface area (Å²) in [4.78, 5) is 0. The first-order valence-corrected chi connectivity index (χ1v) is 10.9. The molecule has 2 aromatic carbocycles. The normalized spacial score (nSPS) is 16.8. The van der Waals surface area contributed by atoms with Crippen LogP contribution < -0.4 is 4.74 Å². The minimum Gasteiger partial charge on any atom is -0.488 e. The smallest absolute Gasteiger partial charge is 0.126 e. The molecule has 4 heteroatoms. The van der Waals surface area contributed by atoms with E-state index in [1.165, 1.54) is 31.2 Å². The van der Waals surface area contributed by atoms with E-state index in [-0.39, 0.29) is 11.9 Å². The first-order valence-electron chi connectivity index (χ1n) is 10.4. The van der Waals surface area contributed by atoms with E-state index >= 15 is 0 Å². The van der Waals surface area contributed by atoms with Gasteiger partial charge in [-0.1, -0.05) is 61.4 Å². The fourth-order valence-corrected chi connectivity index (χ4v) is 4.51. The molecule has 3 nitrogen and oxygen atoms in total. The minimum atomic E-state index is -0.494. The Labute approximate surface area is 174 Å². The van der Waals surface area contributed by atoms with Crippen LogP contribution in [-0.2, 0) is 13.0 Å². The molecule has 0 saturated heterocycles. The Hall–Kier alpha value is -1.49. The predicted molar refractivity (Wildman–Crippen MR) is 117 cm³/mol. The number of ether oxygens (including phenoxy) is 1. The minimum absolute atomic E-state index is 0.00621. The summed E-state index contributed by atoms with van der Waals surface area (Å²) in [5, 5.41) is 19.7. The molecule has 2 atom stereocenters. The van der Waals surface area contributed by atoms with Crippen molar-refractivity contribution in [2.24, 2.45) is 0 Å². The molecule has 152 valence electrons. The maximum Gasteiger partial charge on any atom is 0.126 e. The number of hydrogen-bond acceptors (Lipinski definition) is 4. The highest BCUT2D eigenvalue weighted by molar-refractivity contribution is 7.80. The van der Waals surface area contributed by atoms with Crippen molar-refractivity contribution in [3.05, 3.63) is 65.2 Å². The molecule has 0 aromatic heterocycles. The van der Waals surface area contributed by atoms with E-state index in [0.717, 1.165) is 16.9 Å². The van der Waals surface area contributed by atoms with Crippen LogP contribution in [0.25, 0.3) is 0 Å². The SMILES string of the molecule is OCC[C@H](S)C[C@H](O)Cc1cccc(C2CCCC2)c1OCc1ccccc1. The Bertz CT molecular complexity index is 713. The molecule has 0 unspecified atom stereocenters. The van der Waals surface area contributed by atoms with Gasteiger partial charge in [-0.3, -0.25) is 0 Å². The second kappa shape index (κ2) is 10.9. The Morgan fingerprint density at radius 2 is 1.79 bits per heavy atom. The van der Waals surface area contributed by atoms with Crippen molar-refractivity contribution in [2.75, 3.05) is 6.61 Å². The lowest BCUT2D eigenvalue weighted by Gasteiger charge is -2.22. The average molecular weight is 401 g/mol. The van der Waals surface area contributed by atoms with E-state index in [0.29, 0.717) is 31.8 Å². The van der Waals surface area contributed by atoms with Gasteiger partial charge < -0.3 is 14.9 Å². The summed E-state index contributed by atoms with van der Waals surface area (Å²) < 4.78 is 6.35. The lowest BCUT2D eigenvalue weighted by Crippen LogP contribution is -2.18. The first kappa shape index (κ1) is 21.2. The van der Waals surface area contributed by atoms with Crippen molar-refractivity contribution in [1.29, 1.82) is 0 Å². The van der Waals surface area contributed by atoms with Gasteiger partial charge in [0.1, 0.15) is 12.4 Å². The van der Waals surface area contributed by atoms with E-state index in [4.69, 9.17) is 9.84 Å². The molecule has 1 aliphatic rings. The van der Waals surface area contributed by atoms with Gasteiger partial charge in [-0.25, -0.2) is 0 Å². The third kappa shape index (κ3) is 6.00. The number of benzene rings is 2. The van der Waals surface area contributed by atoms with Gasteiger partial charge in [0.15, 0.2) is 0 Å². The number of para-hydroxylation sites is 1. The molecule has 1 aliphatic carbocycles. The lowest BCUT2D eigenvalue weighted by atomic mass is 9.92. The van der Waals surface area contributed by atoms with Crippen LogP contribution in [0.3, 0.4) is 0 Å². The standard InChI is InChI=1S/C24H32O3S/c25-14-13-22(28)16-21(26)15-20-11-6-12-23(19-9-4-5-10-19)24(20)27-17-18-7-2-1-3-8-18/h1-3,6-8,11-12,19,21-22,25-26,28H,4-5,9-10,13-17H2/t21-,22+/m1/s1. The summed E-state index contributed by atoms with van der Waals surface area (Å²) in [6.07, 6.45) is 6.19. The third-order valence-corrected chi connectivity index (χ3v) is 6.08. The molecule has 0 spiro atoms. The molecule has 28 heavy (non-hydrogen) atoms. The van der Waals surface area contributed by atoms with Gasteiger partial charge in [-0.15, -0.1) is 0 Å². The Morgan fingerprint density at radius 1 is 1.04 bits per heavy atom. The monoisotopic (exact) mass is 400 g/mol. The van der Waals surface area contributed by atoms with Crippen LogP contribution >= 0.6 is 12.6 Å². The van der Waals surface area contributed by atoms with Crippen molar-refractivity contribution in [1.82, 2.24) is 0 Å². The van der Waals surface area contributed by atoms with Gasteiger partial charge in [0.2, 0.25) is 0 Å². The van der Waals surface area contributed by atoms with E-state index in [1.54, 1.807) is 0 Å². The van der Waals surface area contributed by atoms with Crippen molar-refractivity contribution in [3.63, 3.8) is 0 Å². The average Bonchev–Trinajstić information content (AvgIpc) is 3.22. The third-order valence-electron chi connectivity index (χ3n) is 5.61. The van der Waals surface area contributed by atoms with Crippen LogP contribution in [0, 0.1) is 0 Å². The molecular formula is C24H32O3S. The highest BCUT2D eigenvalue weighted by Crippen LogP contribution is 2.41. The van der Waals surface area contributed by atoms with Gasteiger partial charge in [-0.2, -0.15) is 12.6 Å². The van der Waals surface area contributed by atoms with Gasteiger partial charge in [-0.05, 0) is 48.3 Å². The van der Waals surface area contributed by atoms with E-state index in [9.17, 15) is 5.11 Å². The van der Waals surface area contributed by atoms with Crippen LogP contribution in [-0.4, -0.2) is 28.2 Å². The molecule has 0 amide bonds. The summed E-state index contributed by atoms with van der Waals surface area (Å²) in [6, 6.07) is 16.6. The highest BCUT2D eigenvalue weighted by Gasteiger charge is 2.23. The first-order chi connectivity index (χ1) is 13.7. The van der Waals surface area contributed by atoms with E-state index < -0.39 is 6.10 Å². The maximum absolute atomic E-state index is 10.6. The second-order valence-corrected chi connectivity index (χ2v) is 8.58. The molecule has 0 heterocycles. The van der Waals surface area contributed by atoms with Crippen molar-refractivity contribution < 1.29 is 14.9 Å². The number of aliphatic hydroxyl groups is 2. The quantitative estimate of drug-likeness (QED) is 0.497. The summed E-state index contributed by atoms with van der Waals surface area (Å²) in [5.41, 5.74) is 3.50. The lowest BCUT2D eigenvalue weighted by molar-refractivity contribution is 0.158. The van der Waals surface area contributed by atoms with Crippen LogP contribution in [0.2, 0.25) is 0 Å². The van der Waals surface area contributed by atoms with E-state index in [2.05, 4.69) is 43.0 Å². The van der Waals surface area contributed by atoms with Crippen LogP contribution in [0.5, 0.6) is 5.75 Å². The second-order valence-electron chi connectivity index (χ2n) is 7.85. The van der Waals surface area contributed by atoms with Gasteiger partial charge in [0, 0.05) is 18.3 Å². The largest absolute Gasteiger partial charge is 0.488 e. The topological polar surface area (TPSA) is 49.7 Å². The molecular weight excluding hydrogens is 368 g/mol. The molecule has 2 aromatic rings. The Kier molecular flexibility index (Phi) is 8.26. The van der Waals surface area contributed by atoms with Crippen LogP contribution in [0.15, 0.2) is 48.5 Å². The molecule has 0 aliphatic heterocycles. The Morgan fingerprint density at radius 3 is 2.50 bits per heavy atom. The Balaban J connectivity index is 1.78. The van der Waals surface area contributed by atoms with E-state index in [1.807, 2.05) is 18.2 Å². The molecule has 1 saturated carbocycles. The zero-order chi connectivity index (χ0) is 19.8. The summed E-state index contributed by atoms with van der Waals surface area (Å²) in [7, 11) is 0. The summed E-state index contributed by atoms with van der Waals surface area (Å²) in [6.45, 7) is 0.636. The molecule has 2 N–H and O–H groups in total. The van der Waals surface area contributed by atoms with Gasteiger partial charge >= 0.3 is 0 Å². The highest BCUT2D eigenvalue weighted by atomic mass is 32.1. The number of hydrogen-bond donors (Lipinski definition) is 3. The molecule has 0 radical (unpaired) electrons. The molecule has 1 fully saturated rings. The van der Waals surface area contributed by atoms with Crippen LogP contribution in [0.1, 0.15) is 61.1 Å².